The number of methoxy groups -OCH3 is 1. The Hall–Kier alpha value is -2.03. The number of hydrogen-bond acceptors (Lipinski definition) is 5. The number of hydrogen-bond donors (Lipinski definition) is 2. The van der Waals surface area contributed by atoms with E-state index in [-0.39, 0.29) is 5.56 Å². The molecule has 0 radical (unpaired) electrons. The summed E-state index contributed by atoms with van der Waals surface area (Å²) < 4.78 is 44.3. The number of aromatic amines is 1. The quantitative estimate of drug-likeness (QED) is 0.778. The van der Waals surface area contributed by atoms with Crippen LogP contribution in [0.4, 0.5) is 13.2 Å². The number of esters is 1. The number of ether oxygens (including phenoxy) is 2. The molecule has 18 heavy (non-hydrogen) atoms. The van der Waals surface area contributed by atoms with Gasteiger partial charge in [0, 0.05) is 18.3 Å². The molecular formula is C9H9F3N2O4. The van der Waals surface area contributed by atoms with Gasteiger partial charge in [-0.15, -0.1) is 13.2 Å². The van der Waals surface area contributed by atoms with Crippen molar-refractivity contribution in [2.24, 2.45) is 5.73 Å². The van der Waals surface area contributed by atoms with E-state index >= 15 is 0 Å². The van der Waals surface area contributed by atoms with E-state index in [0.29, 0.717) is 6.20 Å². The maximum Gasteiger partial charge on any atom is 0.573 e. The highest BCUT2D eigenvalue weighted by Gasteiger charge is 2.33. The fourth-order valence-corrected chi connectivity index (χ4v) is 1.29. The maximum atomic E-state index is 12.1. The summed E-state index contributed by atoms with van der Waals surface area (Å²) in [6.07, 6.45) is -4.28. The van der Waals surface area contributed by atoms with Crippen molar-refractivity contribution in [3.63, 3.8) is 0 Å². The number of carbonyl (C=O) groups excluding carboxylic acids is 1. The van der Waals surface area contributed by atoms with E-state index in [0.717, 1.165) is 7.11 Å². The topological polar surface area (TPSA) is 94.4 Å². The van der Waals surface area contributed by atoms with Crippen molar-refractivity contribution < 1.29 is 27.4 Å². The summed E-state index contributed by atoms with van der Waals surface area (Å²) in [7, 11) is 0.985. The summed E-state index contributed by atoms with van der Waals surface area (Å²) in [6, 6.07) is 0. The number of nitrogens with two attached hydrogens (primary N) is 1. The highest BCUT2D eigenvalue weighted by atomic mass is 19.4. The first-order valence-corrected chi connectivity index (χ1v) is 4.58. The number of halogens is 3. The van der Waals surface area contributed by atoms with Gasteiger partial charge in [0.15, 0.2) is 5.75 Å². The number of H-pyrrole nitrogens is 1. The molecule has 1 rings (SSSR count). The molecule has 0 aliphatic rings. The third-order valence-corrected chi connectivity index (χ3v) is 1.98. The van der Waals surface area contributed by atoms with Crippen molar-refractivity contribution in [2.75, 3.05) is 7.11 Å². The Kier molecular flexibility index (Phi) is 3.96. The standard InChI is InChI=1S/C9H9F3N2O4/c1-17-8(16)6-4(2-13)5(3-14-7(6)15)18-9(10,11)12/h3H,2,13H2,1H3,(H,14,15). The molecule has 0 atom stereocenters. The molecule has 0 saturated heterocycles. The molecule has 0 spiro atoms. The van der Waals surface area contributed by atoms with Crippen molar-refractivity contribution in [2.45, 2.75) is 12.9 Å². The van der Waals surface area contributed by atoms with Crippen LogP contribution in [0.1, 0.15) is 15.9 Å². The molecule has 1 heterocycles. The Morgan fingerprint density at radius 1 is 1.50 bits per heavy atom. The van der Waals surface area contributed by atoms with Gasteiger partial charge in [-0.1, -0.05) is 0 Å². The Bertz CT molecular complexity index is 510. The van der Waals surface area contributed by atoms with Crippen LogP contribution in [0.2, 0.25) is 0 Å². The van der Waals surface area contributed by atoms with E-state index in [1.54, 1.807) is 0 Å². The van der Waals surface area contributed by atoms with Gasteiger partial charge in [-0.3, -0.25) is 4.79 Å². The lowest BCUT2D eigenvalue weighted by atomic mass is 10.1. The van der Waals surface area contributed by atoms with Crippen LogP contribution in [0.5, 0.6) is 5.75 Å². The Balaban J connectivity index is 3.39. The van der Waals surface area contributed by atoms with Crippen molar-refractivity contribution in [1.29, 1.82) is 0 Å². The van der Waals surface area contributed by atoms with E-state index in [1.807, 2.05) is 4.98 Å². The van der Waals surface area contributed by atoms with Crippen LogP contribution in [-0.2, 0) is 11.3 Å². The van der Waals surface area contributed by atoms with Gasteiger partial charge >= 0.3 is 12.3 Å². The molecule has 100 valence electrons. The highest BCUT2D eigenvalue weighted by molar-refractivity contribution is 5.91. The first kappa shape index (κ1) is 14.0. The number of nitrogens with one attached hydrogen (secondary N) is 1. The van der Waals surface area contributed by atoms with Crippen LogP contribution in [0.25, 0.3) is 0 Å². The Morgan fingerprint density at radius 3 is 2.56 bits per heavy atom. The number of rotatable bonds is 3. The van der Waals surface area contributed by atoms with Gasteiger partial charge < -0.3 is 20.2 Å². The average molecular weight is 266 g/mol. The molecule has 3 N–H and O–H groups in total. The molecule has 0 amide bonds. The zero-order valence-electron chi connectivity index (χ0n) is 9.13. The number of aromatic nitrogens is 1. The summed E-state index contributed by atoms with van der Waals surface area (Å²) in [5.74, 6) is -1.84. The molecule has 0 saturated carbocycles. The molecule has 0 fully saturated rings. The molecule has 1 aromatic rings. The van der Waals surface area contributed by atoms with Crippen LogP contribution >= 0.6 is 0 Å². The van der Waals surface area contributed by atoms with Gasteiger partial charge in [-0.2, -0.15) is 0 Å². The molecule has 9 heteroatoms. The molecule has 0 bridgehead atoms. The minimum absolute atomic E-state index is 0.372. The molecule has 1 aromatic heterocycles. The van der Waals surface area contributed by atoms with E-state index in [2.05, 4.69) is 9.47 Å². The van der Waals surface area contributed by atoms with E-state index < -0.39 is 35.7 Å². The molecular weight excluding hydrogens is 257 g/mol. The molecule has 0 aliphatic heterocycles. The Morgan fingerprint density at radius 2 is 2.11 bits per heavy atom. The molecule has 0 unspecified atom stereocenters. The summed E-state index contributed by atoms with van der Waals surface area (Å²) in [6.45, 7) is -0.486. The largest absolute Gasteiger partial charge is 0.573 e. The third kappa shape index (κ3) is 3.00. The van der Waals surface area contributed by atoms with Crippen LogP contribution in [0, 0.1) is 0 Å². The second kappa shape index (κ2) is 5.08. The second-order valence-electron chi connectivity index (χ2n) is 3.08. The van der Waals surface area contributed by atoms with Crippen molar-refractivity contribution in [3.05, 3.63) is 27.7 Å². The van der Waals surface area contributed by atoms with Gasteiger partial charge in [0.05, 0.1) is 7.11 Å². The summed E-state index contributed by atoms with van der Waals surface area (Å²) >= 11 is 0. The van der Waals surface area contributed by atoms with Crippen LogP contribution in [0.15, 0.2) is 11.0 Å². The minimum atomic E-state index is -4.96. The summed E-state index contributed by atoms with van der Waals surface area (Å²) in [5.41, 5.74) is 3.34. The van der Waals surface area contributed by atoms with Crippen molar-refractivity contribution in [1.82, 2.24) is 4.98 Å². The summed E-state index contributed by atoms with van der Waals surface area (Å²) in [4.78, 5) is 24.6. The maximum absolute atomic E-state index is 12.1. The smallest absolute Gasteiger partial charge is 0.465 e. The SMILES string of the molecule is COC(=O)c1c(CN)c(OC(F)(F)F)c[nH]c1=O. The van der Waals surface area contributed by atoms with Gasteiger partial charge in [0.2, 0.25) is 0 Å². The minimum Gasteiger partial charge on any atom is -0.465 e. The zero-order valence-corrected chi connectivity index (χ0v) is 9.13. The monoisotopic (exact) mass is 266 g/mol. The van der Waals surface area contributed by atoms with E-state index in [4.69, 9.17) is 5.73 Å². The van der Waals surface area contributed by atoms with Crippen molar-refractivity contribution >= 4 is 5.97 Å². The van der Waals surface area contributed by atoms with Crippen molar-refractivity contribution in [3.8, 4) is 5.75 Å². The molecule has 0 aromatic carbocycles. The number of carbonyl (C=O) groups is 1. The normalized spacial score (nSPS) is 11.2. The predicted octanol–water partition coefficient (Wildman–Crippen LogP) is 0.519. The molecule has 6 nitrogen and oxygen atoms in total. The lowest BCUT2D eigenvalue weighted by molar-refractivity contribution is -0.275. The van der Waals surface area contributed by atoms with E-state index in [9.17, 15) is 22.8 Å². The summed E-state index contributed by atoms with van der Waals surface area (Å²) in [5, 5.41) is 0. The first-order chi connectivity index (χ1) is 8.30. The lowest BCUT2D eigenvalue weighted by Gasteiger charge is -2.13. The Labute approximate surface area is 98.5 Å². The van der Waals surface area contributed by atoms with Gasteiger partial charge in [0.25, 0.3) is 5.56 Å². The average Bonchev–Trinajstić information content (AvgIpc) is 2.28. The second-order valence-corrected chi connectivity index (χ2v) is 3.08. The first-order valence-electron chi connectivity index (χ1n) is 4.58. The van der Waals surface area contributed by atoms with Gasteiger partial charge in [0.1, 0.15) is 5.56 Å². The number of alkyl halides is 3. The van der Waals surface area contributed by atoms with Gasteiger partial charge in [-0.25, -0.2) is 4.79 Å². The zero-order chi connectivity index (χ0) is 13.9. The fourth-order valence-electron chi connectivity index (χ4n) is 1.29. The van der Waals surface area contributed by atoms with Gasteiger partial charge in [-0.05, 0) is 0 Å². The lowest BCUT2D eigenvalue weighted by Crippen LogP contribution is -2.26. The predicted molar refractivity (Wildman–Crippen MR) is 53.0 cm³/mol. The molecule has 0 aliphatic carbocycles. The number of pyridine rings is 1. The van der Waals surface area contributed by atoms with Crippen LogP contribution < -0.4 is 16.0 Å². The highest BCUT2D eigenvalue weighted by Crippen LogP contribution is 2.26. The van der Waals surface area contributed by atoms with Crippen LogP contribution in [0.3, 0.4) is 0 Å². The fraction of sp³-hybridized carbons (Fsp3) is 0.333. The van der Waals surface area contributed by atoms with Crippen LogP contribution in [-0.4, -0.2) is 24.4 Å². The third-order valence-electron chi connectivity index (χ3n) is 1.98. The van der Waals surface area contributed by atoms with E-state index in [1.165, 1.54) is 0 Å².